The molecule has 0 saturated heterocycles. The highest BCUT2D eigenvalue weighted by Crippen LogP contribution is 2.34. The minimum atomic E-state index is -3.01. The molecule has 4 nitrogen and oxygen atoms in total. The molecular weight excluding hydrogens is 376 g/mol. The van der Waals surface area contributed by atoms with E-state index in [0.29, 0.717) is 17.6 Å². The van der Waals surface area contributed by atoms with Crippen molar-refractivity contribution in [2.75, 3.05) is 5.75 Å². The minimum Gasteiger partial charge on any atom is -0.228 e. The van der Waals surface area contributed by atoms with Crippen molar-refractivity contribution in [3.63, 3.8) is 0 Å². The molecule has 1 heterocycles. The van der Waals surface area contributed by atoms with Crippen LogP contribution in [-0.4, -0.2) is 29.1 Å². The summed E-state index contributed by atoms with van der Waals surface area (Å²) in [6.07, 6.45) is 6.43. The SMILES string of the molecule is CC(C)(C)S(=O)(=O)CC1CCC(CCc2nnc(-c3ccccc3)s2)CC1. The first-order chi connectivity index (χ1) is 12.7. The first-order valence-electron chi connectivity index (χ1n) is 9.85. The van der Waals surface area contributed by atoms with Gasteiger partial charge in [0.1, 0.15) is 10.0 Å². The second kappa shape index (κ2) is 8.39. The summed E-state index contributed by atoms with van der Waals surface area (Å²) >= 11 is 1.68. The number of aromatic nitrogens is 2. The fraction of sp³-hybridized carbons (Fsp3) is 0.619. The Bertz CT molecular complexity index is 831. The van der Waals surface area contributed by atoms with Gasteiger partial charge in [-0.2, -0.15) is 0 Å². The van der Waals surface area contributed by atoms with E-state index in [1.54, 1.807) is 32.1 Å². The normalized spacial score (nSPS) is 21.3. The number of benzene rings is 1. The average molecular weight is 407 g/mol. The van der Waals surface area contributed by atoms with Crippen LogP contribution >= 0.6 is 11.3 Å². The zero-order chi connectivity index (χ0) is 19.5. The van der Waals surface area contributed by atoms with E-state index in [2.05, 4.69) is 22.3 Å². The summed E-state index contributed by atoms with van der Waals surface area (Å²) < 4.78 is 24.2. The molecule has 1 aliphatic rings. The summed E-state index contributed by atoms with van der Waals surface area (Å²) in [4.78, 5) is 0. The largest absolute Gasteiger partial charge is 0.228 e. The highest BCUT2D eigenvalue weighted by atomic mass is 32.2. The molecule has 1 saturated carbocycles. The van der Waals surface area contributed by atoms with Gasteiger partial charge < -0.3 is 0 Å². The summed E-state index contributed by atoms with van der Waals surface area (Å²) in [7, 11) is -3.01. The van der Waals surface area contributed by atoms with Gasteiger partial charge in [-0.15, -0.1) is 10.2 Å². The number of nitrogens with zero attached hydrogens (tertiary/aromatic N) is 2. The maximum Gasteiger partial charge on any atom is 0.155 e. The zero-order valence-electron chi connectivity index (χ0n) is 16.5. The molecule has 0 amide bonds. The van der Waals surface area contributed by atoms with Crippen LogP contribution in [0.5, 0.6) is 0 Å². The Hall–Kier alpha value is -1.27. The molecule has 0 aliphatic heterocycles. The summed E-state index contributed by atoms with van der Waals surface area (Å²) in [5.74, 6) is 1.36. The van der Waals surface area contributed by atoms with Crippen LogP contribution < -0.4 is 0 Å². The van der Waals surface area contributed by atoms with Gasteiger partial charge in [-0.25, -0.2) is 8.42 Å². The third kappa shape index (κ3) is 5.38. The number of hydrogen-bond donors (Lipinski definition) is 0. The van der Waals surface area contributed by atoms with Gasteiger partial charge in [0.05, 0.1) is 10.5 Å². The minimum absolute atomic E-state index is 0.330. The Balaban J connectivity index is 1.46. The summed E-state index contributed by atoms with van der Waals surface area (Å²) in [5.41, 5.74) is 1.13. The Morgan fingerprint density at radius 1 is 1.00 bits per heavy atom. The molecule has 3 rings (SSSR count). The summed E-state index contributed by atoms with van der Waals surface area (Å²) in [5, 5.41) is 10.8. The lowest BCUT2D eigenvalue weighted by Crippen LogP contribution is -2.34. The van der Waals surface area contributed by atoms with E-state index in [-0.39, 0.29) is 0 Å². The predicted octanol–water partition coefficient (Wildman–Crippen LogP) is 5.16. The molecule has 1 aromatic heterocycles. The van der Waals surface area contributed by atoms with E-state index in [1.165, 1.54) is 0 Å². The van der Waals surface area contributed by atoms with Gasteiger partial charge in [0.25, 0.3) is 0 Å². The molecule has 1 fully saturated rings. The van der Waals surface area contributed by atoms with Gasteiger partial charge in [0, 0.05) is 12.0 Å². The number of hydrogen-bond acceptors (Lipinski definition) is 5. The smallest absolute Gasteiger partial charge is 0.155 e. The average Bonchev–Trinajstić information content (AvgIpc) is 3.10. The molecule has 0 spiro atoms. The second-order valence-electron chi connectivity index (χ2n) is 8.69. The number of aryl methyl sites for hydroxylation is 1. The van der Waals surface area contributed by atoms with Crippen molar-refractivity contribution < 1.29 is 8.42 Å². The van der Waals surface area contributed by atoms with Crippen molar-refractivity contribution in [2.45, 2.75) is 64.0 Å². The lowest BCUT2D eigenvalue weighted by atomic mass is 9.81. The third-order valence-electron chi connectivity index (χ3n) is 5.61. The van der Waals surface area contributed by atoms with E-state index >= 15 is 0 Å². The van der Waals surface area contributed by atoms with Gasteiger partial charge in [-0.3, -0.25) is 0 Å². The van der Waals surface area contributed by atoms with Crippen molar-refractivity contribution in [2.24, 2.45) is 11.8 Å². The van der Waals surface area contributed by atoms with Crippen molar-refractivity contribution in [1.29, 1.82) is 0 Å². The summed E-state index contributed by atoms with van der Waals surface area (Å²) in [6.45, 7) is 5.42. The number of sulfone groups is 1. The van der Waals surface area contributed by atoms with E-state index < -0.39 is 14.6 Å². The fourth-order valence-electron chi connectivity index (χ4n) is 3.63. The molecule has 0 radical (unpaired) electrons. The molecular formula is C21H30N2O2S2. The highest BCUT2D eigenvalue weighted by molar-refractivity contribution is 7.92. The lowest BCUT2D eigenvalue weighted by Gasteiger charge is -2.30. The van der Waals surface area contributed by atoms with Crippen LogP contribution in [-0.2, 0) is 16.3 Å². The van der Waals surface area contributed by atoms with Crippen molar-refractivity contribution in [3.05, 3.63) is 35.3 Å². The topological polar surface area (TPSA) is 59.9 Å². The Labute approximate surface area is 167 Å². The standard InChI is InChI=1S/C21H30N2O2S2/c1-21(2,3)27(24,25)15-17-11-9-16(10-12-17)13-14-19-22-23-20(26-19)18-7-5-4-6-8-18/h4-8,16-17H,9-15H2,1-3H3. The van der Waals surface area contributed by atoms with Gasteiger partial charge in [0.2, 0.25) is 0 Å². The maximum absolute atomic E-state index is 12.4. The van der Waals surface area contributed by atoms with E-state index in [4.69, 9.17) is 0 Å². The second-order valence-corrected chi connectivity index (χ2v) is 12.5. The quantitative estimate of drug-likeness (QED) is 0.665. The van der Waals surface area contributed by atoms with Crippen molar-refractivity contribution in [1.82, 2.24) is 10.2 Å². The van der Waals surface area contributed by atoms with Crippen LogP contribution in [0.4, 0.5) is 0 Å². The van der Waals surface area contributed by atoms with Crippen LogP contribution in [0.2, 0.25) is 0 Å². The van der Waals surface area contributed by atoms with Crippen LogP contribution in [0.25, 0.3) is 10.6 Å². The van der Waals surface area contributed by atoms with Gasteiger partial charge in [0.15, 0.2) is 9.84 Å². The molecule has 0 atom stereocenters. The fourth-order valence-corrected chi connectivity index (χ4v) is 5.94. The van der Waals surface area contributed by atoms with Crippen LogP contribution in [0, 0.1) is 11.8 Å². The van der Waals surface area contributed by atoms with Gasteiger partial charge in [-0.05, 0) is 51.9 Å². The molecule has 148 valence electrons. The van der Waals surface area contributed by atoms with Crippen molar-refractivity contribution >= 4 is 21.2 Å². The molecule has 1 aromatic carbocycles. The zero-order valence-corrected chi connectivity index (χ0v) is 18.2. The van der Waals surface area contributed by atoms with Crippen LogP contribution in [0.15, 0.2) is 30.3 Å². The van der Waals surface area contributed by atoms with E-state index in [1.807, 2.05) is 18.2 Å². The lowest BCUT2D eigenvalue weighted by molar-refractivity contribution is 0.278. The van der Waals surface area contributed by atoms with Crippen LogP contribution in [0.3, 0.4) is 0 Å². The molecule has 2 aromatic rings. The Kier molecular flexibility index (Phi) is 6.36. The predicted molar refractivity (Wildman–Crippen MR) is 113 cm³/mol. The Morgan fingerprint density at radius 3 is 2.26 bits per heavy atom. The first-order valence-corrected chi connectivity index (χ1v) is 12.3. The molecule has 6 heteroatoms. The van der Waals surface area contributed by atoms with E-state index in [0.717, 1.165) is 54.1 Å². The Morgan fingerprint density at radius 2 is 1.63 bits per heavy atom. The molecule has 0 N–H and O–H groups in total. The van der Waals surface area contributed by atoms with Crippen molar-refractivity contribution in [3.8, 4) is 10.6 Å². The molecule has 27 heavy (non-hydrogen) atoms. The van der Waals surface area contributed by atoms with Gasteiger partial charge >= 0.3 is 0 Å². The number of rotatable bonds is 6. The van der Waals surface area contributed by atoms with Gasteiger partial charge in [-0.1, -0.05) is 54.5 Å². The summed E-state index contributed by atoms with van der Waals surface area (Å²) in [6, 6.07) is 10.2. The maximum atomic E-state index is 12.4. The van der Waals surface area contributed by atoms with Crippen LogP contribution in [0.1, 0.15) is 57.9 Å². The molecule has 0 unspecified atom stereocenters. The molecule has 1 aliphatic carbocycles. The third-order valence-corrected chi connectivity index (χ3v) is 9.42. The van der Waals surface area contributed by atoms with E-state index in [9.17, 15) is 8.42 Å². The molecule has 0 bridgehead atoms. The first kappa shape index (κ1) is 20.5. The monoisotopic (exact) mass is 406 g/mol. The highest BCUT2D eigenvalue weighted by Gasteiger charge is 2.33.